The number of methoxy groups -OCH3 is 1. The molecule has 0 aliphatic heterocycles. The van der Waals surface area contributed by atoms with Crippen molar-refractivity contribution in [2.45, 2.75) is 19.6 Å². The van der Waals surface area contributed by atoms with Crippen LogP contribution < -0.4 is 4.74 Å². The van der Waals surface area contributed by atoms with Crippen molar-refractivity contribution in [1.29, 1.82) is 0 Å². The molecule has 0 bridgehead atoms. The molecule has 5 aromatic rings. The Kier molecular flexibility index (Phi) is 4.57. The predicted octanol–water partition coefficient (Wildman–Crippen LogP) is 6.55. The normalized spacial score (nSPS) is 11.6. The van der Waals surface area contributed by atoms with Crippen molar-refractivity contribution in [3.63, 3.8) is 0 Å². The van der Waals surface area contributed by atoms with E-state index in [-0.39, 0.29) is 0 Å². The second kappa shape index (κ2) is 7.30. The quantitative estimate of drug-likeness (QED) is 0.239. The van der Waals surface area contributed by atoms with E-state index < -0.39 is 8.07 Å². The van der Waals surface area contributed by atoms with E-state index >= 15 is 0 Å². The van der Waals surface area contributed by atoms with Crippen molar-refractivity contribution in [3.8, 4) is 28.5 Å². The highest BCUT2D eigenvalue weighted by molar-refractivity contribution is 6.83. The van der Waals surface area contributed by atoms with Crippen LogP contribution in [0.25, 0.3) is 38.6 Å². The highest BCUT2D eigenvalue weighted by Crippen LogP contribution is 2.38. The molecule has 5 rings (SSSR count). The molecule has 0 unspecified atom stereocenters. The zero-order valence-corrected chi connectivity index (χ0v) is 19.2. The molecule has 0 saturated heterocycles. The van der Waals surface area contributed by atoms with Crippen LogP contribution in [0, 0.1) is 11.5 Å². The molecule has 3 heterocycles. The van der Waals surface area contributed by atoms with E-state index in [0.717, 1.165) is 44.5 Å². The summed E-state index contributed by atoms with van der Waals surface area (Å²) in [6.45, 7) is 6.84. The van der Waals surface area contributed by atoms with Gasteiger partial charge in [0.2, 0.25) is 0 Å². The maximum atomic E-state index is 5.36. The van der Waals surface area contributed by atoms with Crippen molar-refractivity contribution < 1.29 is 4.74 Å². The molecule has 0 N–H and O–H groups in total. The van der Waals surface area contributed by atoms with E-state index in [2.05, 4.69) is 90.2 Å². The van der Waals surface area contributed by atoms with E-state index in [1.807, 2.05) is 18.2 Å². The average molecular weight is 421 g/mol. The first-order chi connectivity index (χ1) is 15.0. The van der Waals surface area contributed by atoms with Gasteiger partial charge in [0.25, 0.3) is 0 Å². The number of benzene rings is 2. The molecule has 0 saturated carbocycles. The number of pyridine rings is 2. The Bertz CT molecular complexity index is 1500. The van der Waals surface area contributed by atoms with Crippen LogP contribution in [0.4, 0.5) is 0 Å². The van der Waals surface area contributed by atoms with E-state index in [1.54, 1.807) is 7.11 Å². The molecule has 3 nitrogen and oxygen atoms in total. The smallest absolute Gasteiger partial charge is 0.129 e. The average Bonchev–Trinajstić information content (AvgIpc) is 3.11. The Balaban J connectivity index is 1.98. The fourth-order valence-electron chi connectivity index (χ4n) is 3.99. The van der Waals surface area contributed by atoms with Gasteiger partial charge < -0.3 is 9.14 Å². The van der Waals surface area contributed by atoms with Crippen molar-refractivity contribution in [2.24, 2.45) is 0 Å². The number of fused-ring (bicyclic) bond motifs is 5. The van der Waals surface area contributed by atoms with Crippen LogP contribution >= 0.6 is 0 Å². The van der Waals surface area contributed by atoms with Crippen LogP contribution in [0.1, 0.15) is 5.56 Å². The van der Waals surface area contributed by atoms with Crippen LogP contribution in [0.2, 0.25) is 19.6 Å². The zero-order chi connectivity index (χ0) is 21.6. The van der Waals surface area contributed by atoms with Gasteiger partial charge >= 0.3 is 0 Å². The summed E-state index contributed by atoms with van der Waals surface area (Å²) < 4.78 is 7.60. The minimum absolute atomic E-state index is 0.836. The van der Waals surface area contributed by atoms with Crippen LogP contribution in [0.3, 0.4) is 0 Å². The third-order valence-electron chi connectivity index (χ3n) is 5.40. The van der Waals surface area contributed by atoms with Crippen molar-refractivity contribution in [1.82, 2.24) is 9.38 Å². The number of hydrogen-bond acceptors (Lipinski definition) is 2. The van der Waals surface area contributed by atoms with Gasteiger partial charge in [-0.25, -0.2) is 4.98 Å². The van der Waals surface area contributed by atoms with Crippen LogP contribution in [-0.4, -0.2) is 24.6 Å². The van der Waals surface area contributed by atoms with Crippen LogP contribution in [0.15, 0.2) is 72.9 Å². The van der Waals surface area contributed by atoms with Gasteiger partial charge in [0, 0.05) is 22.5 Å². The number of rotatable bonds is 2. The maximum absolute atomic E-state index is 5.36. The molecule has 0 atom stereocenters. The summed E-state index contributed by atoms with van der Waals surface area (Å²) in [4.78, 5) is 5.10. The summed E-state index contributed by atoms with van der Waals surface area (Å²) in [7, 11) is 0.142. The second-order valence-corrected chi connectivity index (χ2v) is 13.5. The summed E-state index contributed by atoms with van der Waals surface area (Å²) in [5.74, 6) is 4.42. The van der Waals surface area contributed by atoms with Crippen molar-refractivity contribution >= 4 is 35.4 Å². The number of aromatic nitrogens is 2. The molecule has 0 aliphatic carbocycles. The molecule has 31 heavy (non-hydrogen) atoms. The van der Waals surface area contributed by atoms with Gasteiger partial charge in [0.05, 0.1) is 34.9 Å². The SMILES string of the molecule is COc1ccc(-c2nc3ccccc3c3c(C#C[Si](C)(C)C)c4ccccn4c23)cc1. The molecule has 3 aromatic heterocycles. The minimum Gasteiger partial charge on any atom is -0.497 e. The molecule has 0 fully saturated rings. The van der Waals surface area contributed by atoms with Crippen molar-refractivity contribution in [2.75, 3.05) is 7.11 Å². The molecule has 0 aliphatic rings. The third-order valence-corrected chi connectivity index (χ3v) is 6.27. The number of hydrogen-bond donors (Lipinski definition) is 0. The first kappa shape index (κ1) is 19.4. The molecule has 2 aromatic carbocycles. The van der Waals surface area contributed by atoms with E-state index in [1.165, 1.54) is 5.39 Å². The fraction of sp³-hybridized carbons (Fsp3) is 0.148. The number of nitrogens with zero attached hydrogens (tertiary/aromatic N) is 2. The molecular formula is C27H24N2OSi. The van der Waals surface area contributed by atoms with E-state index in [0.29, 0.717) is 0 Å². The summed E-state index contributed by atoms with van der Waals surface area (Å²) in [6, 6.07) is 22.8. The summed E-state index contributed by atoms with van der Waals surface area (Å²) >= 11 is 0. The Labute approximate surface area is 183 Å². The zero-order valence-electron chi connectivity index (χ0n) is 18.2. The lowest BCUT2D eigenvalue weighted by atomic mass is 10.0. The highest BCUT2D eigenvalue weighted by Gasteiger charge is 2.19. The number of ether oxygens (including phenoxy) is 1. The van der Waals surface area contributed by atoms with Gasteiger partial charge in [-0.3, -0.25) is 0 Å². The summed E-state index contributed by atoms with van der Waals surface area (Å²) in [6.07, 6.45) is 2.11. The monoisotopic (exact) mass is 420 g/mol. The fourth-order valence-corrected chi connectivity index (χ4v) is 4.49. The lowest BCUT2D eigenvalue weighted by Gasteiger charge is -2.09. The Morgan fingerprint density at radius 1 is 0.903 bits per heavy atom. The Morgan fingerprint density at radius 3 is 2.39 bits per heavy atom. The minimum atomic E-state index is -1.54. The maximum Gasteiger partial charge on any atom is 0.129 e. The van der Waals surface area contributed by atoms with Crippen LogP contribution in [-0.2, 0) is 0 Å². The lowest BCUT2D eigenvalue weighted by Crippen LogP contribution is -2.16. The van der Waals surface area contributed by atoms with Gasteiger partial charge in [-0.05, 0) is 42.5 Å². The molecule has 4 heteroatoms. The van der Waals surface area contributed by atoms with E-state index in [9.17, 15) is 0 Å². The molecule has 152 valence electrons. The van der Waals surface area contributed by atoms with Crippen LogP contribution in [0.5, 0.6) is 5.75 Å². The largest absolute Gasteiger partial charge is 0.497 e. The number of para-hydroxylation sites is 1. The summed E-state index contributed by atoms with van der Waals surface area (Å²) in [5, 5.41) is 2.31. The first-order valence-electron chi connectivity index (χ1n) is 10.5. The third kappa shape index (κ3) is 3.37. The molecular weight excluding hydrogens is 396 g/mol. The Hall–Kier alpha value is -3.55. The van der Waals surface area contributed by atoms with Crippen molar-refractivity contribution in [3.05, 3.63) is 78.5 Å². The van der Waals surface area contributed by atoms with Gasteiger partial charge in [-0.2, -0.15) is 0 Å². The Morgan fingerprint density at radius 2 is 1.65 bits per heavy atom. The molecule has 0 radical (unpaired) electrons. The second-order valence-electron chi connectivity index (χ2n) is 8.76. The molecule has 0 spiro atoms. The predicted molar refractivity (Wildman–Crippen MR) is 132 cm³/mol. The lowest BCUT2D eigenvalue weighted by molar-refractivity contribution is 0.415. The molecule has 0 amide bonds. The van der Waals surface area contributed by atoms with Gasteiger partial charge in [0.1, 0.15) is 13.8 Å². The van der Waals surface area contributed by atoms with Gasteiger partial charge in [0.15, 0.2) is 0 Å². The highest BCUT2D eigenvalue weighted by atomic mass is 28.3. The van der Waals surface area contributed by atoms with E-state index in [4.69, 9.17) is 9.72 Å². The first-order valence-corrected chi connectivity index (χ1v) is 14.0. The van der Waals surface area contributed by atoms with Gasteiger partial charge in [-0.15, -0.1) is 5.54 Å². The standard InChI is InChI=1S/C27H24N2OSi/c1-30-20-14-12-19(13-15-20)26-27-25(21-9-5-6-10-23(21)28-26)22(16-18-31(2,3)4)24-11-7-8-17-29(24)27/h5-15,17H,1-4H3. The van der Waals surface area contributed by atoms with Gasteiger partial charge in [-0.1, -0.05) is 49.8 Å². The summed E-state index contributed by atoms with van der Waals surface area (Å²) in [5.41, 5.74) is 9.89. The topological polar surface area (TPSA) is 26.5 Å².